The molecule has 1 heterocycles. The average Bonchev–Trinajstić information content (AvgIpc) is 3.05. The molecule has 1 saturated heterocycles. The van der Waals surface area contributed by atoms with Gasteiger partial charge in [-0.2, -0.15) is 0 Å². The Morgan fingerprint density at radius 3 is 1.64 bits per heavy atom. The normalized spacial score (nSPS) is 13.4. The summed E-state index contributed by atoms with van der Waals surface area (Å²) in [6.45, 7) is 6.58. The van der Waals surface area contributed by atoms with Crippen molar-refractivity contribution in [3.05, 3.63) is 0 Å². The molecule has 25 heavy (non-hydrogen) atoms. The van der Waals surface area contributed by atoms with E-state index in [2.05, 4.69) is 10.6 Å². The van der Waals surface area contributed by atoms with E-state index in [4.69, 9.17) is 33.9 Å². The van der Waals surface area contributed by atoms with Crippen LogP contribution < -0.4 is 10.6 Å². The molecule has 1 fully saturated rings. The Bertz CT molecular complexity index is 448. The number of carbonyl (C=O) groups excluding carboxylic acids is 2. The van der Waals surface area contributed by atoms with E-state index in [1.165, 1.54) is 0 Å². The number of hydrazine groups is 1. The molecule has 0 aromatic heterocycles. The summed E-state index contributed by atoms with van der Waals surface area (Å²) in [5, 5.41) is 10.8. The second kappa shape index (κ2) is 11.8. The van der Waals surface area contributed by atoms with Gasteiger partial charge in [0.05, 0.1) is 26.1 Å². The summed E-state index contributed by atoms with van der Waals surface area (Å²) >= 11 is 10.7. The van der Waals surface area contributed by atoms with Crippen molar-refractivity contribution in [3.8, 4) is 0 Å². The second-order valence-corrected chi connectivity index (χ2v) is 5.95. The maximum absolute atomic E-state index is 11.3. The molecule has 1 aliphatic heterocycles. The molecule has 0 atom stereocenters. The first-order valence-electron chi connectivity index (χ1n) is 8.41. The fourth-order valence-electron chi connectivity index (χ4n) is 2.23. The summed E-state index contributed by atoms with van der Waals surface area (Å²) in [5.41, 5.74) is 0. The second-order valence-electron chi connectivity index (χ2n) is 5.17. The van der Waals surface area contributed by atoms with Gasteiger partial charge in [0.15, 0.2) is 10.2 Å². The number of esters is 2. The minimum Gasteiger partial charge on any atom is -0.466 e. The zero-order chi connectivity index (χ0) is 18.7. The first-order chi connectivity index (χ1) is 12.0. The van der Waals surface area contributed by atoms with E-state index < -0.39 is 0 Å². The van der Waals surface area contributed by atoms with Gasteiger partial charge in [0.25, 0.3) is 0 Å². The highest BCUT2D eigenvalue weighted by atomic mass is 32.1. The molecule has 1 rings (SSSR count). The van der Waals surface area contributed by atoms with Gasteiger partial charge in [0.2, 0.25) is 0 Å². The van der Waals surface area contributed by atoms with Gasteiger partial charge in [-0.25, -0.2) is 0 Å². The van der Waals surface area contributed by atoms with E-state index in [-0.39, 0.29) is 24.8 Å². The highest BCUT2D eigenvalue weighted by Crippen LogP contribution is 2.11. The van der Waals surface area contributed by atoms with Crippen LogP contribution in [-0.2, 0) is 19.1 Å². The van der Waals surface area contributed by atoms with Crippen molar-refractivity contribution in [1.29, 1.82) is 0 Å². The molecule has 142 valence electrons. The molecule has 0 aromatic carbocycles. The molecule has 2 N–H and O–H groups in total. The van der Waals surface area contributed by atoms with Crippen LogP contribution in [-0.4, -0.2) is 71.6 Å². The number of nitrogens with zero attached hydrogens (tertiary/aromatic N) is 2. The van der Waals surface area contributed by atoms with Crippen LogP contribution >= 0.6 is 24.4 Å². The summed E-state index contributed by atoms with van der Waals surface area (Å²) in [4.78, 5) is 22.7. The van der Waals surface area contributed by atoms with Crippen LogP contribution in [0.5, 0.6) is 0 Å². The number of thiocarbonyl (C=S) groups is 2. The summed E-state index contributed by atoms with van der Waals surface area (Å²) < 4.78 is 9.75. The number of nitrogens with one attached hydrogen (secondary N) is 2. The molecule has 10 heteroatoms. The third-order valence-electron chi connectivity index (χ3n) is 3.32. The topological polar surface area (TPSA) is 83.1 Å². The third-order valence-corrected chi connectivity index (χ3v) is 4.03. The van der Waals surface area contributed by atoms with E-state index in [0.29, 0.717) is 36.5 Å². The van der Waals surface area contributed by atoms with Crippen molar-refractivity contribution in [2.24, 2.45) is 0 Å². The fourth-order valence-corrected chi connectivity index (χ4v) is 2.81. The quantitative estimate of drug-likeness (QED) is 0.453. The lowest BCUT2D eigenvalue weighted by Gasteiger charge is -2.32. The highest BCUT2D eigenvalue weighted by Gasteiger charge is 2.26. The zero-order valence-electron chi connectivity index (χ0n) is 14.7. The Hall–Kier alpha value is -1.68. The molecule has 0 bridgehead atoms. The van der Waals surface area contributed by atoms with Gasteiger partial charge in [-0.1, -0.05) is 0 Å². The van der Waals surface area contributed by atoms with Gasteiger partial charge in [-0.15, -0.1) is 0 Å². The van der Waals surface area contributed by atoms with Crippen LogP contribution in [0.4, 0.5) is 0 Å². The molecule has 0 saturated carbocycles. The maximum Gasteiger partial charge on any atom is 0.307 e. The summed E-state index contributed by atoms with van der Waals surface area (Å²) in [5.74, 6) is -0.514. The lowest BCUT2D eigenvalue weighted by molar-refractivity contribution is -0.143. The van der Waals surface area contributed by atoms with Crippen molar-refractivity contribution in [1.82, 2.24) is 20.7 Å². The first kappa shape index (κ1) is 21.4. The van der Waals surface area contributed by atoms with Crippen molar-refractivity contribution in [2.45, 2.75) is 33.1 Å². The Kier molecular flexibility index (Phi) is 10.1. The van der Waals surface area contributed by atoms with Gasteiger partial charge < -0.3 is 20.1 Å². The van der Waals surface area contributed by atoms with Crippen LogP contribution in [0, 0.1) is 0 Å². The third kappa shape index (κ3) is 7.82. The van der Waals surface area contributed by atoms with Crippen LogP contribution in [0.25, 0.3) is 0 Å². The first-order valence-corrected chi connectivity index (χ1v) is 9.23. The molecule has 0 unspecified atom stereocenters. The largest absolute Gasteiger partial charge is 0.466 e. The predicted molar refractivity (Wildman–Crippen MR) is 102 cm³/mol. The molecule has 1 aliphatic rings. The molecule has 8 nitrogen and oxygen atoms in total. The zero-order valence-corrected chi connectivity index (χ0v) is 16.3. The van der Waals surface area contributed by atoms with E-state index >= 15 is 0 Å². The standard InChI is InChI=1S/C15H26N4O4S2/c1-3-22-12(20)6-8-16-14(24)18-10-5-11-19(18)15(25)17-9-7-13(21)23-4-2/h3-11H2,1-2H3,(H,16,24)(H,17,25). The fraction of sp³-hybridized carbons (Fsp3) is 0.733. The number of hydrogen-bond donors (Lipinski definition) is 2. The van der Waals surface area contributed by atoms with Gasteiger partial charge >= 0.3 is 11.9 Å². The lowest BCUT2D eigenvalue weighted by Crippen LogP contribution is -2.52. The minimum atomic E-state index is -0.257. The van der Waals surface area contributed by atoms with Gasteiger partial charge in [0, 0.05) is 26.2 Å². The average molecular weight is 391 g/mol. The molecule has 0 amide bonds. The predicted octanol–water partition coefficient (Wildman–Crippen LogP) is 0.565. The van der Waals surface area contributed by atoms with Crippen LogP contribution in [0.2, 0.25) is 0 Å². The van der Waals surface area contributed by atoms with E-state index in [1.807, 2.05) is 10.0 Å². The monoisotopic (exact) mass is 390 g/mol. The van der Waals surface area contributed by atoms with Gasteiger partial charge in [-0.05, 0) is 44.7 Å². The van der Waals surface area contributed by atoms with Crippen LogP contribution in [0.15, 0.2) is 0 Å². The van der Waals surface area contributed by atoms with Gasteiger partial charge in [-0.3, -0.25) is 19.6 Å². The Balaban J connectivity index is 2.36. The highest BCUT2D eigenvalue weighted by molar-refractivity contribution is 7.80. The number of ether oxygens (including phenoxy) is 2. The van der Waals surface area contributed by atoms with Crippen molar-refractivity contribution < 1.29 is 19.1 Å². The van der Waals surface area contributed by atoms with Crippen molar-refractivity contribution in [3.63, 3.8) is 0 Å². The maximum atomic E-state index is 11.3. The summed E-state index contributed by atoms with van der Waals surface area (Å²) in [7, 11) is 0. The molecule has 0 aromatic rings. The van der Waals surface area contributed by atoms with E-state index in [1.54, 1.807) is 13.8 Å². The number of hydrogen-bond acceptors (Lipinski definition) is 6. The van der Waals surface area contributed by atoms with E-state index in [0.717, 1.165) is 19.5 Å². The Morgan fingerprint density at radius 1 is 0.880 bits per heavy atom. The SMILES string of the molecule is CCOC(=O)CCNC(=S)N1CCCN1C(=S)NCCC(=O)OCC. The number of rotatable bonds is 8. The summed E-state index contributed by atoms with van der Waals surface area (Å²) in [6.07, 6.45) is 1.42. The Labute approximate surface area is 159 Å². The van der Waals surface area contributed by atoms with E-state index in [9.17, 15) is 9.59 Å². The molecular formula is C15H26N4O4S2. The molecule has 0 spiro atoms. The van der Waals surface area contributed by atoms with Crippen molar-refractivity contribution in [2.75, 3.05) is 39.4 Å². The molecular weight excluding hydrogens is 364 g/mol. The lowest BCUT2D eigenvalue weighted by atomic mass is 10.4. The molecule has 0 radical (unpaired) electrons. The van der Waals surface area contributed by atoms with Crippen LogP contribution in [0.1, 0.15) is 33.1 Å². The van der Waals surface area contributed by atoms with Gasteiger partial charge in [0.1, 0.15) is 0 Å². The molecule has 0 aliphatic carbocycles. The van der Waals surface area contributed by atoms with Crippen LogP contribution in [0.3, 0.4) is 0 Å². The smallest absolute Gasteiger partial charge is 0.307 e. The summed E-state index contributed by atoms with van der Waals surface area (Å²) in [6, 6.07) is 0. The minimum absolute atomic E-state index is 0.254. The van der Waals surface area contributed by atoms with Crippen molar-refractivity contribution >= 4 is 46.6 Å². The Morgan fingerprint density at radius 2 is 1.28 bits per heavy atom. The number of carbonyl (C=O) groups is 2.